The van der Waals surface area contributed by atoms with Gasteiger partial charge in [-0.3, -0.25) is 9.59 Å². The summed E-state index contributed by atoms with van der Waals surface area (Å²) in [6.07, 6.45) is 1.19. The Morgan fingerprint density at radius 2 is 1.53 bits per heavy atom. The van der Waals surface area contributed by atoms with Gasteiger partial charge in [0.15, 0.2) is 0 Å². The van der Waals surface area contributed by atoms with Gasteiger partial charge in [0.1, 0.15) is 11.8 Å². The van der Waals surface area contributed by atoms with Crippen molar-refractivity contribution in [2.45, 2.75) is 58.2 Å². The largest absolute Gasteiger partial charge is 0.494 e. The zero-order chi connectivity index (χ0) is 26.0. The van der Waals surface area contributed by atoms with E-state index in [0.29, 0.717) is 24.5 Å². The van der Waals surface area contributed by atoms with Crippen LogP contribution < -0.4 is 10.1 Å². The third-order valence-corrected chi connectivity index (χ3v) is 5.98. The summed E-state index contributed by atoms with van der Waals surface area (Å²) in [5.41, 5.74) is 1.35. The number of nitrogens with one attached hydrogen (secondary N) is 1. The minimum atomic E-state index is -0.689. The first kappa shape index (κ1) is 27.3. The number of para-hydroxylation sites is 1. The molecule has 1 atom stereocenters. The van der Waals surface area contributed by atoms with Crippen LogP contribution in [0.2, 0.25) is 5.02 Å². The van der Waals surface area contributed by atoms with Crippen molar-refractivity contribution in [1.82, 2.24) is 10.2 Å². The molecule has 190 valence electrons. The number of ether oxygens (including phenoxy) is 1. The highest BCUT2D eigenvalue weighted by molar-refractivity contribution is 6.31. The maximum Gasteiger partial charge on any atom is 0.243 e. The highest BCUT2D eigenvalue weighted by atomic mass is 35.5. The van der Waals surface area contributed by atoms with Crippen LogP contribution in [0.5, 0.6) is 5.75 Å². The Kier molecular flexibility index (Phi) is 9.95. The van der Waals surface area contributed by atoms with Crippen LogP contribution in [0.15, 0.2) is 84.9 Å². The maximum absolute atomic E-state index is 13.6. The van der Waals surface area contributed by atoms with Crippen molar-refractivity contribution in [3.63, 3.8) is 0 Å². The van der Waals surface area contributed by atoms with E-state index in [2.05, 4.69) is 5.32 Å². The Morgan fingerprint density at radius 1 is 0.917 bits per heavy atom. The Hall–Kier alpha value is -3.31. The smallest absolute Gasteiger partial charge is 0.243 e. The van der Waals surface area contributed by atoms with Gasteiger partial charge in [-0.1, -0.05) is 78.3 Å². The molecule has 0 bridgehead atoms. The number of rotatable bonds is 11. The van der Waals surface area contributed by atoms with Crippen LogP contribution >= 0.6 is 11.6 Å². The first-order valence-electron chi connectivity index (χ1n) is 12.3. The molecule has 0 spiro atoms. The molecule has 0 saturated carbocycles. The number of hydrogen-bond acceptors (Lipinski definition) is 3. The summed E-state index contributed by atoms with van der Waals surface area (Å²) in [5, 5.41) is 3.64. The average molecular weight is 507 g/mol. The van der Waals surface area contributed by atoms with Gasteiger partial charge in [0.25, 0.3) is 0 Å². The van der Waals surface area contributed by atoms with Gasteiger partial charge in [-0.2, -0.15) is 0 Å². The zero-order valence-corrected chi connectivity index (χ0v) is 22.0. The van der Waals surface area contributed by atoms with E-state index in [-0.39, 0.29) is 24.8 Å². The quantitative estimate of drug-likeness (QED) is 0.322. The van der Waals surface area contributed by atoms with Crippen molar-refractivity contribution in [2.24, 2.45) is 0 Å². The van der Waals surface area contributed by atoms with Gasteiger partial charge in [0.05, 0.1) is 6.61 Å². The molecule has 0 aliphatic carbocycles. The molecule has 3 aromatic rings. The van der Waals surface area contributed by atoms with Gasteiger partial charge in [-0.15, -0.1) is 0 Å². The molecule has 3 aromatic carbocycles. The second kappa shape index (κ2) is 13.1. The van der Waals surface area contributed by atoms with E-state index in [4.69, 9.17) is 16.3 Å². The van der Waals surface area contributed by atoms with Crippen LogP contribution in [0.3, 0.4) is 0 Å². The second-order valence-electron chi connectivity index (χ2n) is 9.82. The molecule has 3 rings (SSSR count). The standard InChI is InChI=1S/C30H35ClN2O3/c1-30(2,3)32-29(35)27(21-23-13-6-4-7-14-23)33(22-24-15-10-11-18-26(24)31)28(34)19-12-20-36-25-16-8-5-9-17-25/h4-11,13-18,27H,12,19-22H2,1-3H3,(H,32,35)/t27-/m1/s1. The Labute approximate surface area is 219 Å². The zero-order valence-electron chi connectivity index (χ0n) is 21.2. The fraction of sp³-hybridized carbons (Fsp3) is 0.333. The van der Waals surface area contributed by atoms with Gasteiger partial charge in [-0.05, 0) is 56.5 Å². The minimum Gasteiger partial charge on any atom is -0.494 e. The number of hydrogen-bond donors (Lipinski definition) is 1. The molecule has 5 nitrogen and oxygen atoms in total. The van der Waals surface area contributed by atoms with Gasteiger partial charge >= 0.3 is 0 Å². The molecule has 0 fully saturated rings. The topological polar surface area (TPSA) is 58.6 Å². The van der Waals surface area contributed by atoms with Crippen molar-refractivity contribution >= 4 is 23.4 Å². The SMILES string of the molecule is CC(C)(C)NC(=O)[C@@H](Cc1ccccc1)N(Cc1ccccc1Cl)C(=O)CCCOc1ccccc1. The normalized spacial score (nSPS) is 12.0. The molecule has 2 amide bonds. The third kappa shape index (κ3) is 8.72. The highest BCUT2D eigenvalue weighted by Crippen LogP contribution is 2.22. The van der Waals surface area contributed by atoms with Crippen LogP contribution in [0, 0.1) is 0 Å². The van der Waals surface area contributed by atoms with Gasteiger partial charge < -0.3 is 15.0 Å². The predicted octanol–water partition coefficient (Wildman–Crippen LogP) is 6.05. The molecule has 0 radical (unpaired) electrons. The predicted molar refractivity (Wildman–Crippen MR) is 145 cm³/mol. The summed E-state index contributed by atoms with van der Waals surface area (Å²) in [4.78, 5) is 28.8. The van der Waals surface area contributed by atoms with E-state index in [9.17, 15) is 9.59 Å². The van der Waals surface area contributed by atoms with E-state index in [1.54, 1.807) is 11.0 Å². The number of amides is 2. The van der Waals surface area contributed by atoms with Crippen molar-refractivity contribution in [1.29, 1.82) is 0 Å². The van der Waals surface area contributed by atoms with Crippen molar-refractivity contribution in [2.75, 3.05) is 6.61 Å². The Bertz CT molecular complexity index is 1110. The van der Waals surface area contributed by atoms with Crippen LogP contribution in [-0.4, -0.2) is 34.9 Å². The number of carbonyl (C=O) groups is 2. The summed E-state index contributed by atoms with van der Waals surface area (Å²) in [7, 11) is 0. The summed E-state index contributed by atoms with van der Waals surface area (Å²) < 4.78 is 5.77. The van der Waals surface area contributed by atoms with Gasteiger partial charge in [0.2, 0.25) is 11.8 Å². The molecule has 0 heterocycles. The third-order valence-electron chi connectivity index (χ3n) is 5.61. The summed E-state index contributed by atoms with van der Waals surface area (Å²) in [6, 6.07) is 26.0. The van der Waals surface area contributed by atoms with E-state index in [1.165, 1.54) is 0 Å². The Balaban J connectivity index is 1.83. The second-order valence-corrected chi connectivity index (χ2v) is 10.2. The van der Waals surface area contributed by atoms with Crippen LogP contribution in [0.1, 0.15) is 44.7 Å². The molecule has 1 N–H and O–H groups in total. The molecule has 6 heteroatoms. The molecule has 0 aliphatic rings. The van der Waals surface area contributed by atoms with Crippen LogP contribution in [0.4, 0.5) is 0 Å². The Morgan fingerprint density at radius 3 is 2.17 bits per heavy atom. The number of benzene rings is 3. The molecule has 0 aromatic heterocycles. The first-order valence-corrected chi connectivity index (χ1v) is 12.7. The lowest BCUT2D eigenvalue weighted by Gasteiger charge is -2.34. The summed E-state index contributed by atoms with van der Waals surface area (Å²) in [5.74, 6) is 0.466. The van der Waals surface area contributed by atoms with E-state index in [1.807, 2.05) is 99.6 Å². The molecule has 0 saturated heterocycles. The maximum atomic E-state index is 13.6. The monoisotopic (exact) mass is 506 g/mol. The lowest BCUT2D eigenvalue weighted by atomic mass is 10.00. The van der Waals surface area contributed by atoms with Gasteiger partial charge in [-0.25, -0.2) is 0 Å². The lowest BCUT2D eigenvalue weighted by molar-refractivity contribution is -0.142. The van der Waals surface area contributed by atoms with Gasteiger partial charge in [0, 0.05) is 29.9 Å². The van der Waals surface area contributed by atoms with E-state index < -0.39 is 11.6 Å². The van der Waals surface area contributed by atoms with Crippen LogP contribution in [-0.2, 0) is 22.6 Å². The van der Waals surface area contributed by atoms with Crippen LogP contribution in [0.25, 0.3) is 0 Å². The summed E-state index contributed by atoms with van der Waals surface area (Å²) in [6.45, 7) is 6.46. The lowest BCUT2D eigenvalue weighted by Crippen LogP contribution is -2.54. The highest BCUT2D eigenvalue weighted by Gasteiger charge is 2.32. The average Bonchev–Trinajstić information content (AvgIpc) is 2.85. The summed E-state index contributed by atoms with van der Waals surface area (Å²) >= 11 is 6.46. The molecular formula is C30H35ClN2O3. The molecule has 0 aliphatic heterocycles. The number of carbonyl (C=O) groups excluding carboxylic acids is 2. The molecule has 0 unspecified atom stereocenters. The molecule has 36 heavy (non-hydrogen) atoms. The fourth-order valence-corrected chi connectivity index (χ4v) is 4.09. The number of halogens is 1. The van der Waals surface area contributed by atoms with Crippen molar-refractivity contribution in [3.05, 3.63) is 101 Å². The minimum absolute atomic E-state index is 0.114. The number of nitrogens with zero attached hydrogens (tertiary/aromatic N) is 1. The fourth-order valence-electron chi connectivity index (χ4n) is 3.89. The van der Waals surface area contributed by atoms with E-state index in [0.717, 1.165) is 16.9 Å². The first-order chi connectivity index (χ1) is 17.2. The van der Waals surface area contributed by atoms with Crippen molar-refractivity contribution < 1.29 is 14.3 Å². The molecular weight excluding hydrogens is 472 g/mol. The van der Waals surface area contributed by atoms with E-state index >= 15 is 0 Å². The van der Waals surface area contributed by atoms with Crippen molar-refractivity contribution in [3.8, 4) is 5.75 Å².